The van der Waals surface area contributed by atoms with Crippen LogP contribution in [0.25, 0.3) is 0 Å². The zero-order valence-corrected chi connectivity index (χ0v) is 6.82. The fourth-order valence-corrected chi connectivity index (χ4v) is 1.19. The molecule has 0 atom stereocenters. The zero-order valence-electron chi connectivity index (χ0n) is 6.82. The minimum Gasteiger partial charge on any atom is -0.326 e. The SMILES string of the molecule is Cc1cc(=O)[nH]c(C)c1C(F)F. The summed E-state index contributed by atoms with van der Waals surface area (Å²) in [7, 11) is 0. The van der Waals surface area contributed by atoms with Crippen molar-refractivity contribution in [3.8, 4) is 0 Å². The van der Waals surface area contributed by atoms with E-state index in [-0.39, 0.29) is 16.8 Å². The van der Waals surface area contributed by atoms with Gasteiger partial charge in [0.05, 0.1) is 0 Å². The molecule has 0 spiro atoms. The third-order valence-corrected chi connectivity index (χ3v) is 1.71. The molecule has 66 valence electrons. The smallest absolute Gasteiger partial charge is 0.265 e. The van der Waals surface area contributed by atoms with Gasteiger partial charge in [-0.15, -0.1) is 0 Å². The van der Waals surface area contributed by atoms with E-state index in [2.05, 4.69) is 4.98 Å². The molecule has 0 bridgehead atoms. The first-order valence-electron chi connectivity index (χ1n) is 3.51. The van der Waals surface area contributed by atoms with Gasteiger partial charge in [-0.05, 0) is 19.4 Å². The topological polar surface area (TPSA) is 32.9 Å². The van der Waals surface area contributed by atoms with Crippen molar-refractivity contribution in [2.75, 3.05) is 0 Å². The summed E-state index contributed by atoms with van der Waals surface area (Å²) in [5.74, 6) is 0. The molecule has 0 unspecified atom stereocenters. The lowest BCUT2D eigenvalue weighted by Gasteiger charge is -2.06. The average molecular weight is 173 g/mol. The minimum atomic E-state index is -2.53. The Morgan fingerprint density at radius 1 is 1.42 bits per heavy atom. The lowest BCUT2D eigenvalue weighted by Crippen LogP contribution is -2.10. The molecule has 2 nitrogen and oxygen atoms in total. The Morgan fingerprint density at radius 3 is 2.42 bits per heavy atom. The highest BCUT2D eigenvalue weighted by atomic mass is 19.3. The highest BCUT2D eigenvalue weighted by Crippen LogP contribution is 2.23. The summed E-state index contributed by atoms with van der Waals surface area (Å²) in [4.78, 5) is 13.1. The molecule has 0 saturated carbocycles. The second kappa shape index (κ2) is 3.05. The fourth-order valence-electron chi connectivity index (χ4n) is 1.19. The van der Waals surface area contributed by atoms with Gasteiger partial charge in [0.25, 0.3) is 6.43 Å². The maximum absolute atomic E-state index is 12.3. The molecular formula is C8H9F2NO. The molecule has 0 saturated heterocycles. The second-order valence-corrected chi connectivity index (χ2v) is 2.66. The van der Waals surface area contributed by atoms with Gasteiger partial charge in [0.1, 0.15) is 0 Å². The summed E-state index contributed by atoms with van der Waals surface area (Å²) >= 11 is 0. The number of halogens is 2. The van der Waals surface area contributed by atoms with E-state index in [4.69, 9.17) is 0 Å². The van der Waals surface area contributed by atoms with E-state index in [9.17, 15) is 13.6 Å². The van der Waals surface area contributed by atoms with Crippen LogP contribution in [0.5, 0.6) is 0 Å². The lowest BCUT2D eigenvalue weighted by atomic mass is 10.1. The normalized spacial score (nSPS) is 10.8. The van der Waals surface area contributed by atoms with E-state index in [1.54, 1.807) is 0 Å². The van der Waals surface area contributed by atoms with Gasteiger partial charge in [0.15, 0.2) is 0 Å². The van der Waals surface area contributed by atoms with Crippen LogP contribution in [0.15, 0.2) is 10.9 Å². The van der Waals surface area contributed by atoms with Crippen LogP contribution < -0.4 is 5.56 Å². The minimum absolute atomic E-state index is 0.0744. The van der Waals surface area contributed by atoms with Crippen LogP contribution >= 0.6 is 0 Å². The monoisotopic (exact) mass is 173 g/mol. The number of rotatable bonds is 1. The summed E-state index contributed by atoms with van der Waals surface area (Å²) in [6, 6.07) is 1.18. The van der Waals surface area contributed by atoms with Crippen molar-refractivity contribution in [1.29, 1.82) is 0 Å². The van der Waals surface area contributed by atoms with E-state index in [1.165, 1.54) is 19.9 Å². The first kappa shape index (κ1) is 8.90. The quantitative estimate of drug-likeness (QED) is 0.691. The number of alkyl halides is 2. The van der Waals surface area contributed by atoms with Crippen LogP contribution in [0, 0.1) is 13.8 Å². The van der Waals surface area contributed by atoms with Gasteiger partial charge in [-0.3, -0.25) is 4.79 Å². The Kier molecular flexibility index (Phi) is 2.26. The molecule has 1 N–H and O–H groups in total. The molecule has 1 aromatic heterocycles. The summed E-state index contributed by atoms with van der Waals surface area (Å²) < 4.78 is 24.6. The predicted octanol–water partition coefficient (Wildman–Crippen LogP) is 1.93. The third-order valence-electron chi connectivity index (χ3n) is 1.71. The first-order chi connectivity index (χ1) is 5.52. The number of aryl methyl sites for hydroxylation is 2. The van der Waals surface area contributed by atoms with Gasteiger partial charge >= 0.3 is 0 Å². The number of H-pyrrole nitrogens is 1. The Morgan fingerprint density at radius 2 is 2.00 bits per heavy atom. The summed E-state index contributed by atoms with van der Waals surface area (Å²) in [6.07, 6.45) is -2.53. The van der Waals surface area contributed by atoms with E-state index in [1.807, 2.05) is 0 Å². The number of hydrogen-bond donors (Lipinski definition) is 1. The van der Waals surface area contributed by atoms with Crippen LogP contribution in [0.2, 0.25) is 0 Å². The molecular weight excluding hydrogens is 164 g/mol. The van der Waals surface area contributed by atoms with Crippen LogP contribution in [0.3, 0.4) is 0 Å². The Labute approximate surface area is 68.2 Å². The highest BCUT2D eigenvalue weighted by Gasteiger charge is 2.13. The van der Waals surface area contributed by atoms with Crippen molar-refractivity contribution >= 4 is 0 Å². The average Bonchev–Trinajstić information content (AvgIpc) is 1.82. The Balaban J connectivity index is 3.38. The van der Waals surface area contributed by atoms with E-state index in [0.29, 0.717) is 5.56 Å². The Hall–Kier alpha value is -1.19. The van der Waals surface area contributed by atoms with Crippen molar-refractivity contribution in [1.82, 2.24) is 4.98 Å². The molecule has 1 heterocycles. The number of nitrogens with one attached hydrogen (secondary N) is 1. The number of aromatic amines is 1. The van der Waals surface area contributed by atoms with Gasteiger partial charge < -0.3 is 4.98 Å². The predicted molar refractivity (Wildman–Crippen MR) is 41.5 cm³/mol. The molecule has 1 aromatic rings. The number of aromatic nitrogens is 1. The van der Waals surface area contributed by atoms with Crippen molar-refractivity contribution in [3.05, 3.63) is 33.2 Å². The molecule has 0 radical (unpaired) electrons. The summed E-state index contributed by atoms with van der Waals surface area (Å²) in [5, 5.41) is 0. The zero-order chi connectivity index (χ0) is 9.30. The summed E-state index contributed by atoms with van der Waals surface area (Å²) in [6.45, 7) is 2.97. The van der Waals surface area contributed by atoms with Crippen LogP contribution in [0.4, 0.5) is 8.78 Å². The van der Waals surface area contributed by atoms with Gasteiger partial charge in [-0.25, -0.2) is 8.78 Å². The van der Waals surface area contributed by atoms with E-state index < -0.39 is 6.43 Å². The van der Waals surface area contributed by atoms with Crippen LogP contribution in [-0.4, -0.2) is 4.98 Å². The maximum Gasteiger partial charge on any atom is 0.265 e. The fraction of sp³-hybridized carbons (Fsp3) is 0.375. The molecule has 0 aliphatic carbocycles. The summed E-state index contributed by atoms with van der Waals surface area (Å²) in [5.41, 5.74) is 0.172. The van der Waals surface area contributed by atoms with Gasteiger partial charge in [0.2, 0.25) is 5.56 Å². The Bertz CT molecular complexity index is 317. The van der Waals surface area contributed by atoms with E-state index >= 15 is 0 Å². The van der Waals surface area contributed by atoms with Crippen molar-refractivity contribution < 1.29 is 8.78 Å². The third kappa shape index (κ3) is 1.52. The molecule has 0 amide bonds. The van der Waals surface area contributed by atoms with Crippen LogP contribution in [-0.2, 0) is 0 Å². The number of hydrogen-bond acceptors (Lipinski definition) is 1. The largest absolute Gasteiger partial charge is 0.326 e. The second-order valence-electron chi connectivity index (χ2n) is 2.66. The van der Waals surface area contributed by atoms with Crippen molar-refractivity contribution in [3.63, 3.8) is 0 Å². The standard InChI is InChI=1S/C8H9F2NO/c1-4-3-6(12)11-5(2)7(4)8(9)10/h3,8H,1-2H3,(H,11,12). The van der Waals surface area contributed by atoms with E-state index in [0.717, 1.165) is 0 Å². The van der Waals surface area contributed by atoms with Crippen molar-refractivity contribution in [2.24, 2.45) is 0 Å². The van der Waals surface area contributed by atoms with Gasteiger partial charge in [0, 0.05) is 17.3 Å². The van der Waals surface area contributed by atoms with Gasteiger partial charge in [-0.1, -0.05) is 0 Å². The molecule has 0 aliphatic rings. The van der Waals surface area contributed by atoms with Crippen LogP contribution in [0.1, 0.15) is 23.2 Å². The molecule has 1 rings (SSSR count). The first-order valence-corrected chi connectivity index (χ1v) is 3.51. The molecule has 0 aliphatic heterocycles. The lowest BCUT2D eigenvalue weighted by molar-refractivity contribution is 0.149. The molecule has 0 aromatic carbocycles. The maximum atomic E-state index is 12.3. The molecule has 12 heavy (non-hydrogen) atoms. The highest BCUT2D eigenvalue weighted by molar-refractivity contribution is 5.28. The van der Waals surface area contributed by atoms with Crippen molar-refractivity contribution in [2.45, 2.75) is 20.3 Å². The molecule has 0 fully saturated rings. The number of pyridine rings is 1. The van der Waals surface area contributed by atoms with Gasteiger partial charge in [-0.2, -0.15) is 0 Å². The molecule has 4 heteroatoms.